The van der Waals surface area contributed by atoms with Gasteiger partial charge in [0, 0.05) is 31.3 Å². The quantitative estimate of drug-likeness (QED) is 0.822. The van der Waals surface area contributed by atoms with Crippen LogP contribution in [0.4, 0.5) is 0 Å². The zero-order chi connectivity index (χ0) is 16.8. The number of aryl methyl sites for hydroxylation is 1. The molecule has 6 heteroatoms. The summed E-state index contributed by atoms with van der Waals surface area (Å²) in [5, 5.41) is 6.77. The summed E-state index contributed by atoms with van der Waals surface area (Å²) >= 11 is 0. The van der Waals surface area contributed by atoms with Gasteiger partial charge in [-0.3, -0.25) is 9.69 Å². The van der Waals surface area contributed by atoms with Crippen LogP contribution in [0, 0.1) is 6.92 Å². The maximum atomic E-state index is 12.1. The first kappa shape index (κ1) is 16.7. The predicted octanol–water partition coefficient (Wildman–Crippen LogP) is 2.10. The van der Waals surface area contributed by atoms with Crippen molar-refractivity contribution in [2.75, 3.05) is 39.4 Å². The Bertz CT molecular complexity index is 678. The molecular weight excluding hydrogens is 306 g/mol. The van der Waals surface area contributed by atoms with Gasteiger partial charge in [0.1, 0.15) is 0 Å². The lowest BCUT2D eigenvalue weighted by Crippen LogP contribution is -2.38. The molecule has 1 aromatic heterocycles. The van der Waals surface area contributed by atoms with Gasteiger partial charge in [-0.25, -0.2) is 0 Å². The molecule has 1 saturated heterocycles. The predicted molar refractivity (Wildman–Crippen MR) is 90.9 cm³/mol. The van der Waals surface area contributed by atoms with Gasteiger partial charge in [-0.1, -0.05) is 28.9 Å². The van der Waals surface area contributed by atoms with Gasteiger partial charge in [-0.15, -0.1) is 0 Å². The van der Waals surface area contributed by atoms with Gasteiger partial charge in [0.2, 0.25) is 0 Å². The summed E-state index contributed by atoms with van der Waals surface area (Å²) in [7, 11) is 0. The lowest BCUT2D eigenvalue weighted by Gasteiger charge is -2.26. The molecule has 1 aromatic carbocycles. The monoisotopic (exact) mass is 329 g/mol. The third-order valence-corrected chi connectivity index (χ3v) is 4.09. The second kappa shape index (κ2) is 8.08. The number of nitrogens with one attached hydrogen (secondary N) is 1. The Morgan fingerprint density at radius 1 is 1.29 bits per heavy atom. The molecule has 1 aliphatic rings. The highest BCUT2D eigenvalue weighted by Crippen LogP contribution is 2.21. The largest absolute Gasteiger partial charge is 0.379 e. The minimum Gasteiger partial charge on any atom is -0.379 e. The number of hydrogen-bond donors (Lipinski definition) is 1. The topological polar surface area (TPSA) is 67.6 Å². The van der Waals surface area contributed by atoms with Crippen LogP contribution in [0.15, 0.2) is 34.9 Å². The van der Waals surface area contributed by atoms with Gasteiger partial charge in [-0.2, -0.15) is 0 Å². The molecule has 0 spiro atoms. The molecule has 1 amide bonds. The highest BCUT2D eigenvalue weighted by atomic mass is 16.5. The first-order chi connectivity index (χ1) is 11.7. The van der Waals surface area contributed by atoms with Crippen LogP contribution < -0.4 is 5.32 Å². The van der Waals surface area contributed by atoms with Gasteiger partial charge < -0.3 is 14.6 Å². The van der Waals surface area contributed by atoms with Crippen LogP contribution in [0.25, 0.3) is 11.3 Å². The summed E-state index contributed by atoms with van der Waals surface area (Å²) in [5.41, 5.74) is 2.38. The fourth-order valence-corrected chi connectivity index (χ4v) is 2.74. The van der Waals surface area contributed by atoms with Gasteiger partial charge >= 0.3 is 0 Å². The summed E-state index contributed by atoms with van der Waals surface area (Å²) < 4.78 is 10.6. The standard InChI is InChI=1S/C18H23N3O3/c1-14-4-2-5-15(12-14)17-13-16(20-24-17)18(22)19-6-3-7-21-8-10-23-11-9-21/h2,4-5,12-13H,3,6-11H2,1H3,(H,19,22). The van der Waals surface area contributed by atoms with Crippen molar-refractivity contribution in [3.63, 3.8) is 0 Å². The van der Waals surface area contributed by atoms with Crippen LogP contribution in [-0.2, 0) is 4.74 Å². The van der Waals surface area contributed by atoms with Crippen molar-refractivity contribution in [3.8, 4) is 11.3 Å². The van der Waals surface area contributed by atoms with Crippen molar-refractivity contribution in [3.05, 3.63) is 41.6 Å². The van der Waals surface area contributed by atoms with E-state index in [1.165, 1.54) is 0 Å². The molecule has 24 heavy (non-hydrogen) atoms. The van der Waals surface area contributed by atoms with Gasteiger partial charge in [0.05, 0.1) is 13.2 Å². The Kier molecular flexibility index (Phi) is 5.61. The van der Waals surface area contributed by atoms with Crippen molar-refractivity contribution in [1.82, 2.24) is 15.4 Å². The van der Waals surface area contributed by atoms with E-state index in [2.05, 4.69) is 15.4 Å². The molecule has 0 aliphatic carbocycles. The van der Waals surface area contributed by atoms with E-state index in [0.29, 0.717) is 18.0 Å². The number of aromatic nitrogens is 1. The van der Waals surface area contributed by atoms with E-state index in [1.807, 2.05) is 31.2 Å². The van der Waals surface area contributed by atoms with Crippen molar-refractivity contribution in [1.29, 1.82) is 0 Å². The molecule has 6 nitrogen and oxygen atoms in total. The van der Waals surface area contributed by atoms with Crippen molar-refractivity contribution < 1.29 is 14.1 Å². The summed E-state index contributed by atoms with van der Waals surface area (Å²) in [5.74, 6) is 0.414. The van der Waals surface area contributed by atoms with Crippen LogP contribution >= 0.6 is 0 Å². The number of hydrogen-bond acceptors (Lipinski definition) is 5. The lowest BCUT2D eigenvalue weighted by atomic mass is 10.1. The average molecular weight is 329 g/mol. The second-order valence-electron chi connectivity index (χ2n) is 6.01. The van der Waals surface area contributed by atoms with Crippen molar-refractivity contribution >= 4 is 5.91 Å². The van der Waals surface area contributed by atoms with Gasteiger partial charge in [0.15, 0.2) is 11.5 Å². The van der Waals surface area contributed by atoms with Crippen LogP contribution in [0.3, 0.4) is 0 Å². The Hall–Kier alpha value is -2.18. The summed E-state index contributed by atoms with van der Waals surface area (Å²) in [4.78, 5) is 14.5. The highest BCUT2D eigenvalue weighted by Gasteiger charge is 2.14. The molecule has 3 rings (SSSR count). The van der Waals surface area contributed by atoms with Crippen molar-refractivity contribution in [2.24, 2.45) is 0 Å². The van der Waals surface area contributed by atoms with Crippen LogP contribution in [0.2, 0.25) is 0 Å². The maximum absolute atomic E-state index is 12.1. The molecule has 1 aliphatic heterocycles. The van der Waals surface area contributed by atoms with Crippen molar-refractivity contribution in [2.45, 2.75) is 13.3 Å². The van der Waals surface area contributed by atoms with E-state index < -0.39 is 0 Å². The number of carbonyl (C=O) groups is 1. The Morgan fingerprint density at radius 3 is 2.92 bits per heavy atom. The highest BCUT2D eigenvalue weighted by molar-refractivity contribution is 5.93. The number of amides is 1. The fourth-order valence-electron chi connectivity index (χ4n) is 2.74. The molecule has 0 unspecified atom stereocenters. The normalized spacial score (nSPS) is 15.4. The molecule has 0 radical (unpaired) electrons. The molecular formula is C18H23N3O3. The van der Waals surface area contributed by atoms with E-state index in [0.717, 1.165) is 50.4 Å². The Morgan fingerprint density at radius 2 is 2.12 bits per heavy atom. The molecule has 1 fully saturated rings. The van der Waals surface area contributed by atoms with Crippen LogP contribution in [-0.4, -0.2) is 55.4 Å². The minimum atomic E-state index is -0.195. The minimum absolute atomic E-state index is 0.195. The lowest BCUT2D eigenvalue weighted by molar-refractivity contribution is 0.0374. The van der Waals surface area contributed by atoms with Gasteiger partial charge in [0.25, 0.3) is 5.91 Å². The summed E-state index contributed by atoms with van der Waals surface area (Å²) in [6, 6.07) is 9.61. The number of ether oxygens (including phenoxy) is 1. The summed E-state index contributed by atoms with van der Waals surface area (Å²) in [6.45, 7) is 7.15. The first-order valence-electron chi connectivity index (χ1n) is 8.34. The SMILES string of the molecule is Cc1cccc(-c2cc(C(=O)NCCCN3CCOCC3)no2)c1. The number of benzene rings is 1. The molecule has 0 saturated carbocycles. The maximum Gasteiger partial charge on any atom is 0.273 e. The average Bonchev–Trinajstić information content (AvgIpc) is 3.10. The van der Waals surface area contributed by atoms with Crippen LogP contribution in [0.1, 0.15) is 22.5 Å². The fraction of sp³-hybridized carbons (Fsp3) is 0.444. The summed E-state index contributed by atoms with van der Waals surface area (Å²) in [6.07, 6.45) is 0.911. The second-order valence-corrected chi connectivity index (χ2v) is 6.01. The molecule has 0 atom stereocenters. The Labute approximate surface area is 141 Å². The molecule has 2 heterocycles. The zero-order valence-electron chi connectivity index (χ0n) is 14.0. The Balaban J connectivity index is 1.47. The number of carbonyl (C=O) groups excluding carboxylic acids is 1. The number of rotatable bonds is 6. The van der Waals surface area contributed by atoms with E-state index in [9.17, 15) is 4.79 Å². The van der Waals surface area contributed by atoms with E-state index in [-0.39, 0.29) is 5.91 Å². The van der Waals surface area contributed by atoms with E-state index >= 15 is 0 Å². The molecule has 128 valence electrons. The first-order valence-corrected chi connectivity index (χ1v) is 8.34. The van der Waals surface area contributed by atoms with E-state index in [1.54, 1.807) is 6.07 Å². The molecule has 0 bridgehead atoms. The van der Waals surface area contributed by atoms with E-state index in [4.69, 9.17) is 9.26 Å². The number of morpholine rings is 1. The smallest absolute Gasteiger partial charge is 0.273 e. The number of nitrogens with zero attached hydrogens (tertiary/aromatic N) is 2. The van der Waals surface area contributed by atoms with Crippen LogP contribution in [0.5, 0.6) is 0 Å². The third kappa shape index (κ3) is 4.43. The molecule has 1 N–H and O–H groups in total. The van der Waals surface area contributed by atoms with Gasteiger partial charge in [-0.05, 0) is 26.0 Å². The molecule has 2 aromatic rings. The zero-order valence-corrected chi connectivity index (χ0v) is 14.0. The third-order valence-electron chi connectivity index (χ3n) is 4.09.